The van der Waals surface area contributed by atoms with Crippen molar-refractivity contribution in [3.63, 3.8) is 0 Å². The monoisotopic (exact) mass is 243 g/mol. The molecule has 0 saturated carbocycles. The molecule has 96 valence electrons. The van der Waals surface area contributed by atoms with Crippen molar-refractivity contribution in [2.75, 3.05) is 13.7 Å². The lowest BCUT2D eigenvalue weighted by Gasteiger charge is -2.18. The summed E-state index contributed by atoms with van der Waals surface area (Å²) in [5.74, 6) is -2.50. The van der Waals surface area contributed by atoms with Crippen LogP contribution in [-0.4, -0.2) is 13.7 Å². The normalized spacial score (nSPS) is 13.5. The Balaban J connectivity index is 3.13. The van der Waals surface area contributed by atoms with Gasteiger partial charge >= 0.3 is 0 Å². The zero-order chi connectivity index (χ0) is 13.1. The molecule has 0 aliphatic carbocycles. The van der Waals surface area contributed by atoms with Gasteiger partial charge in [-0.3, -0.25) is 0 Å². The van der Waals surface area contributed by atoms with Crippen LogP contribution in [0.1, 0.15) is 37.3 Å². The van der Waals surface area contributed by atoms with Crippen LogP contribution >= 0.6 is 0 Å². The third-order valence-electron chi connectivity index (χ3n) is 2.87. The minimum absolute atomic E-state index is 0.0682. The van der Waals surface area contributed by atoms with Crippen molar-refractivity contribution in [2.45, 2.75) is 32.1 Å². The van der Waals surface area contributed by atoms with E-state index in [2.05, 4.69) is 0 Å². The zero-order valence-corrected chi connectivity index (χ0v) is 10.5. The van der Waals surface area contributed by atoms with Crippen LogP contribution in [-0.2, 0) is 5.92 Å². The first-order valence-corrected chi connectivity index (χ1v) is 5.66. The largest absolute Gasteiger partial charge is 0.496 e. The minimum Gasteiger partial charge on any atom is -0.496 e. The molecular formula is C13H19F2NO. The van der Waals surface area contributed by atoms with E-state index in [1.807, 2.05) is 13.0 Å². The molecule has 17 heavy (non-hydrogen) atoms. The second-order valence-electron chi connectivity index (χ2n) is 4.33. The molecule has 1 aromatic rings. The number of ether oxygens (including phenoxy) is 1. The smallest absolute Gasteiger partial charge is 0.274 e. The van der Waals surface area contributed by atoms with E-state index in [-0.39, 0.29) is 17.2 Å². The maximum absolute atomic E-state index is 13.4. The van der Waals surface area contributed by atoms with Crippen LogP contribution in [0.5, 0.6) is 5.75 Å². The predicted octanol–water partition coefficient (Wildman–Crippen LogP) is 3.26. The second kappa shape index (κ2) is 5.45. The minimum atomic E-state index is -2.90. The van der Waals surface area contributed by atoms with Gasteiger partial charge in [0.1, 0.15) is 5.75 Å². The Bertz CT molecular complexity index is 374. The fourth-order valence-corrected chi connectivity index (χ4v) is 1.79. The Labute approximate surface area is 101 Å². The summed E-state index contributed by atoms with van der Waals surface area (Å²) in [6, 6.07) is 4.92. The number of nitrogens with two attached hydrogens (primary N) is 1. The Morgan fingerprint density at radius 1 is 1.41 bits per heavy atom. The van der Waals surface area contributed by atoms with Gasteiger partial charge in [0.05, 0.1) is 12.7 Å². The van der Waals surface area contributed by atoms with Gasteiger partial charge in [-0.25, -0.2) is 8.78 Å². The second-order valence-corrected chi connectivity index (χ2v) is 4.33. The van der Waals surface area contributed by atoms with Crippen LogP contribution in [0.2, 0.25) is 0 Å². The van der Waals surface area contributed by atoms with E-state index in [1.54, 1.807) is 6.07 Å². The highest BCUT2D eigenvalue weighted by Gasteiger charge is 2.29. The summed E-state index contributed by atoms with van der Waals surface area (Å²) in [6.07, 6.45) is 0.779. The highest BCUT2D eigenvalue weighted by Crippen LogP contribution is 2.36. The van der Waals surface area contributed by atoms with Crippen molar-refractivity contribution in [2.24, 2.45) is 5.73 Å². The van der Waals surface area contributed by atoms with Crippen molar-refractivity contribution in [1.82, 2.24) is 0 Å². The first-order valence-electron chi connectivity index (χ1n) is 5.66. The summed E-state index contributed by atoms with van der Waals surface area (Å²) in [7, 11) is 1.40. The molecule has 2 N–H and O–H groups in total. The Morgan fingerprint density at radius 3 is 2.53 bits per heavy atom. The number of benzene rings is 1. The molecule has 1 atom stereocenters. The maximum atomic E-state index is 13.4. The Kier molecular flexibility index (Phi) is 4.46. The molecule has 0 aromatic heterocycles. The van der Waals surface area contributed by atoms with Crippen molar-refractivity contribution in [3.05, 3.63) is 29.3 Å². The van der Waals surface area contributed by atoms with Crippen molar-refractivity contribution < 1.29 is 13.5 Å². The van der Waals surface area contributed by atoms with Crippen LogP contribution in [0.4, 0.5) is 8.78 Å². The molecule has 0 radical (unpaired) electrons. The molecule has 0 bridgehead atoms. The zero-order valence-electron chi connectivity index (χ0n) is 10.5. The van der Waals surface area contributed by atoms with Gasteiger partial charge in [0.2, 0.25) is 0 Å². The number of halogens is 2. The summed E-state index contributed by atoms with van der Waals surface area (Å²) in [5.41, 5.74) is 6.27. The molecule has 0 heterocycles. The number of alkyl halides is 2. The van der Waals surface area contributed by atoms with Gasteiger partial charge in [-0.15, -0.1) is 0 Å². The molecular weight excluding hydrogens is 224 g/mol. The molecule has 0 saturated heterocycles. The molecule has 1 aromatic carbocycles. The van der Waals surface area contributed by atoms with Crippen molar-refractivity contribution in [3.8, 4) is 5.75 Å². The van der Waals surface area contributed by atoms with Crippen LogP contribution in [0.3, 0.4) is 0 Å². The molecule has 1 rings (SSSR count). The number of methoxy groups -OCH3 is 1. The van der Waals surface area contributed by atoms with E-state index in [9.17, 15) is 8.78 Å². The van der Waals surface area contributed by atoms with Crippen molar-refractivity contribution >= 4 is 0 Å². The molecule has 0 aliphatic heterocycles. The van der Waals surface area contributed by atoms with E-state index in [4.69, 9.17) is 10.5 Å². The first-order chi connectivity index (χ1) is 7.90. The summed E-state index contributed by atoms with van der Waals surface area (Å²) >= 11 is 0. The summed E-state index contributed by atoms with van der Waals surface area (Å²) in [6.45, 7) is 3.40. The van der Waals surface area contributed by atoms with Gasteiger partial charge in [-0.2, -0.15) is 0 Å². The number of hydrogen-bond donors (Lipinski definition) is 1. The van der Waals surface area contributed by atoms with Crippen molar-refractivity contribution in [1.29, 1.82) is 0 Å². The lowest BCUT2D eigenvalue weighted by Crippen LogP contribution is -2.11. The number of hydrogen-bond acceptors (Lipinski definition) is 2. The van der Waals surface area contributed by atoms with Gasteiger partial charge in [-0.1, -0.05) is 13.0 Å². The van der Waals surface area contributed by atoms with E-state index in [1.165, 1.54) is 13.2 Å². The maximum Gasteiger partial charge on any atom is 0.274 e. The fourth-order valence-electron chi connectivity index (χ4n) is 1.79. The SMILES string of the molecule is COc1ccc(C(C)CCN)cc1C(C)(F)F. The van der Waals surface area contributed by atoms with Crippen LogP contribution in [0.15, 0.2) is 18.2 Å². The highest BCUT2D eigenvalue weighted by molar-refractivity contribution is 5.41. The van der Waals surface area contributed by atoms with Crippen LogP contribution in [0.25, 0.3) is 0 Å². The van der Waals surface area contributed by atoms with E-state index in [0.29, 0.717) is 6.54 Å². The lowest BCUT2D eigenvalue weighted by atomic mass is 9.94. The Hall–Kier alpha value is -1.16. The third kappa shape index (κ3) is 3.40. The summed E-state index contributed by atoms with van der Waals surface area (Å²) in [5, 5.41) is 0. The van der Waals surface area contributed by atoms with Crippen LogP contribution < -0.4 is 10.5 Å². The quantitative estimate of drug-likeness (QED) is 0.861. The lowest BCUT2D eigenvalue weighted by molar-refractivity contribution is 0.0150. The number of rotatable bonds is 5. The van der Waals surface area contributed by atoms with E-state index < -0.39 is 5.92 Å². The van der Waals surface area contributed by atoms with Gasteiger partial charge in [0.15, 0.2) is 0 Å². The molecule has 2 nitrogen and oxygen atoms in total. The van der Waals surface area contributed by atoms with Gasteiger partial charge < -0.3 is 10.5 Å². The molecule has 0 fully saturated rings. The molecule has 1 unspecified atom stereocenters. The predicted molar refractivity (Wildman–Crippen MR) is 64.6 cm³/mol. The van der Waals surface area contributed by atoms with E-state index >= 15 is 0 Å². The van der Waals surface area contributed by atoms with Gasteiger partial charge in [0, 0.05) is 6.92 Å². The third-order valence-corrected chi connectivity index (χ3v) is 2.87. The fraction of sp³-hybridized carbons (Fsp3) is 0.538. The summed E-state index contributed by atoms with van der Waals surface area (Å²) < 4.78 is 31.8. The topological polar surface area (TPSA) is 35.2 Å². The molecule has 4 heteroatoms. The van der Waals surface area contributed by atoms with Crippen LogP contribution in [0, 0.1) is 0 Å². The van der Waals surface area contributed by atoms with Gasteiger partial charge in [-0.05, 0) is 36.6 Å². The summed E-state index contributed by atoms with van der Waals surface area (Å²) in [4.78, 5) is 0. The average molecular weight is 243 g/mol. The first kappa shape index (κ1) is 13.9. The Morgan fingerprint density at radius 2 is 2.06 bits per heavy atom. The van der Waals surface area contributed by atoms with Gasteiger partial charge in [0.25, 0.3) is 5.92 Å². The standard InChI is InChI=1S/C13H19F2NO/c1-9(6-7-16)10-4-5-12(17-3)11(8-10)13(2,14)15/h4-5,8-9H,6-7,16H2,1-3H3. The molecule has 0 spiro atoms. The van der Waals surface area contributed by atoms with E-state index in [0.717, 1.165) is 18.9 Å². The average Bonchev–Trinajstić information content (AvgIpc) is 2.27. The molecule has 0 aliphatic rings. The molecule has 0 amide bonds. The highest BCUT2D eigenvalue weighted by atomic mass is 19.3.